The van der Waals surface area contributed by atoms with Crippen molar-refractivity contribution in [3.05, 3.63) is 29.8 Å². The largest absolute Gasteiger partial charge is 0.493 e. The van der Waals surface area contributed by atoms with Crippen molar-refractivity contribution in [3.63, 3.8) is 0 Å². The minimum absolute atomic E-state index is 0.526. The summed E-state index contributed by atoms with van der Waals surface area (Å²) in [6.07, 6.45) is 1.38. The molecule has 0 spiro atoms. The number of hydrogen-bond donors (Lipinski definition) is 2. The first-order valence-corrected chi connectivity index (χ1v) is 4.99. The second kappa shape index (κ2) is 6.26. The quantitative estimate of drug-likeness (QED) is 0.437. The summed E-state index contributed by atoms with van der Waals surface area (Å²) in [7, 11) is 0. The Morgan fingerprint density at radius 1 is 1.47 bits per heavy atom. The van der Waals surface area contributed by atoms with Crippen molar-refractivity contribution in [3.8, 4) is 5.75 Å². The Bertz CT molecular complexity index is 443. The molecule has 1 aromatic rings. The molecule has 0 aliphatic carbocycles. The molecule has 0 fully saturated rings. The monoisotopic (exact) mass is 235 g/mol. The van der Waals surface area contributed by atoms with E-state index in [9.17, 15) is 9.59 Å². The van der Waals surface area contributed by atoms with E-state index in [2.05, 4.69) is 5.10 Å². The van der Waals surface area contributed by atoms with Crippen LogP contribution < -0.4 is 15.9 Å². The Kier molecular flexibility index (Phi) is 4.68. The van der Waals surface area contributed by atoms with Crippen molar-refractivity contribution in [2.24, 2.45) is 10.8 Å². The molecule has 3 N–H and O–H groups in total. The van der Waals surface area contributed by atoms with Gasteiger partial charge < -0.3 is 10.5 Å². The van der Waals surface area contributed by atoms with Crippen molar-refractivity contribution >= 4 is 18.0 Å². The number of ether oxygens (including phenoxy) is 1. The van der Waals surface area contributed by atoms with Gasteiger partial charge in [0.25, 0.3) is 0 Å². The third kappa shape index (κ3) is 3.94. The molecule has 0 aliphatic rings. The van der Waals surface area contributed by atoms with Gasteiger partial charge in [-0.05, 0) is 19.1 Å². The Morgan fingerprint density at radius 2 is 2.18 bits per heavy atom. The minimum atomic E-state index is -1.08. The molecule has 90 valence electrons. The number of para-hydroxylation sites is 1. The van der Waals surface area contributed by atoms with Crippen LogP contribution in [0.2, 0.25) is 0 Å². The third-order valence-corrected chi connectivity index (χ3v) is 1.81. The lowest BCUT2D eigenvalue weighted by molar-refractivity contribution is -0.137. The molecule has 6 heteroatoms. The predicted octanol–water partition coefficient (Wildman–Crippen LogP) is 0.0207. The number of primary amides is 1. The molecule has 2 amide bonds. The maximum absolute atomic E-state index is 10.8. The number of benzene rings is 1. The van der Waals surface area contributed by atoms with Crippen molar-refractivity contribution in [2.75, 3.05) is 6.61 Å². The van der Waals surface area contributed by atoms with Crippen LogP contribution in [0.15, 0.2) is 29.4 Å². The zero-order valence-corrected chi connectivity index (χ0v) is 9.34. The lowest BCUT2D eigenvalue weighted by Crippen LogP contribution is -2.32. The fourth-order valence-corrected chi connectivity index (χ4v) is 1.09. The molecule has 6 nitrogen and oxygen atoms in total. The Morgan fingerprint density at radius 3 is 2.82 bits per heavy atom. The molecular formula is C11H13N3O3. The molecule has 0 radical (unpaired) electrons. The fourth-order valence-electron chi connectivity index (χ4n) is 1.09. The van der Waals surface area contributed by atoms with Crippen LogP contribution >= 0.6 is 0 Å². The summed E-state index contributed by atoms with van der Waals surface area (Å²) in [5, 5.41) is 3.60. The number of nitrogens with two attached hydrogens (primary N) is 1. The highest BCUT2D eigenvalue weighted by Crippen LogP contribution is 2.15. The first-order valence-electron chi connectivity index (χ1n) is 4.99. The molecule has 0 aliphatic heterocycles. The Labute approximate surface area is 98.4 Å². The summed E-state index contributed by atoms with van der Waals surface area (Å²) in [6.45, 7) is 2.39. The highest BCUT2D eigenvalue weighted by molar-refractivity contribution is 6.34. The first kappa shape index (κ1) is 12.7. The van der Waals surface area contributed by atoms with Crippen LogP contribution in [0.1, 0.15) is 12.5 Å². The van der Waals surface area contributed by atoms with E-state index in [0.29, 0.717) is 17.9 Å². The molecule has 0 saturated heterocycles. The highest BCUT2D eigenvalue weighted by Gasteiger charge is 2.05. The van der Waals surface area contributed by atoms with Gasteiger partial charge in [0, 0.05) is 5.56 Å². The maximum atomic E-state index is 10.8. The third-order valence-electron chi connectivity index (χ3n) is 1.81. The number of rotatable bonds is 4. The van der Waals surface area contributed by atoms with Crippen LogP contribution in [0.25, 0.3) is 0 Å². The molecule has 0 heterocycles. The second-order valence-corrected chi connectivity index (χ2v) is 3.03. The van der Waals surface area contributed by atoms with Crippen LogP contribution in [0.5, 0.6) is 5.75 Å². The van der Waals surface area contributed by atoms with E-state index in [1.807, 2.05) is 18.4 Å². The van der Waals surface area contributed by atoms with Crippen molar-refractivity contribution < 1.29 is 14.3 Å². The van der Waals surface area contributed by atoms with E-state index in [0.717, 1.165) is 0 Å². The number of nitrogens with zero attached hydrogens (tertiary/aromatic N) is 1. The number of amides is 2. The Hall–Kier alpha value is -2.37. The number of hydrazone groups is 1. The Balaban J connectivity index is 2.70. The van der Waals surface area contributed by atoms with Crippen molar-refractivity contribution in [2.45, 2.75) is 6.92 Å². The SMILES string of the molecule is CCOc1ccccc1C=NNC(=O)C(N)=O. The summed E-state index contributed by atoms with van der Waals surface area (Å²) in [4.78, 5) is 21.2. The highest BCUT2D eigenvalue weighted by atomic mass is 16.5. The second-order valence-electron chi connectivity index (χ2n) is 3.03. The van der Waals surface area contributed by atoms with E-state index >= 15 is 0 Å². The van der Waals surface area contributed by atoms with Gasteiger partial charge in [0.15, 0.2) is 0 Å². The van der Waals surface area contributed by atoms with Gasteiger partial charge in [-0.2, -0.15) is 5.10 Å². The molecule has 17 heavy (non-hydrogen) atoms. The number of carbonyl (C=O) groups excluding carboxylic acids is 2. The topological polar surface area (TPSA) is 93.8 Å². The smallest absolute Gasteiger partial charge is 0.329 e. The fraction of sp³-hybridized carbons (Fsp3) is 0.182. The zero-order valence-electron chi connectivity index (χ0n) is 9.34. The summed E-state index contributed by atoms with van der Waals surface area (Å²) in [5.74, 6) is -1.40. The van der Waals surface area contributed by atoms with Gasteiger partial charge >= 0.3 is 11.8 Å². The van der Waals surface area contributed by atoms with Gasteiger partial charge in [0.05, 0.1) is 12.8 Å². The van der Waals surface area contributed by atoms with Crippen LogP contribution in [-0.4, -0.2) is 24.6 Å². The molecular weight excluding hydrogens is 222 g/mol. The van der Waals surface area contributed by atoms with E-state index in [-0.39, 0.29) is 0 Å². The maximum Gasteiger partial charge on any atom is 0.329 e. The van der Waals surface area contributed by atoms with Gasteiger partial charge in [0.1, 0.15) is 5.75 Å². The van der Waals surface area contributed by atoms with Crippen LogP contribution in [-0.2, 0) is 9.59 Å². The van der Waals surface area contributed by atoms with Gasteiger partial charge in [-0.25, -0.2) is 5.43 Å². The van der Waals surface area contributed by atoms with Gasteiger partial charge in [-0.3, -0.25) is 9.59 Å². The molecule has 1 rings (SSSR count). The van der Waals surface area contributed by atoms with E-state index < -0.39 is 11.8 Å². The first-order chi connectivity index (χ1) is 8.15. The summed E-state index contributed by atoms with van der Waals surface area (Å²) in [5.41, 5.74) is 7.44. The average molecular weight is 235 g/mol. The van der Waals surface area contributed by atoms with E-state index in [4.69, 9.17) is 10.5 Å². The zero-order chi connectivity index (χ0) is 12.7. The minimum Gasteiger partial charge on any atom is -0.493 e. The summed E-state index contributed by atoms with van der Waals surface area (Å²) < 4.78 is 5.35. The molecule has 0 atom stereocenters. The van der Waals surface area contributed by atoms with Crippen LogP contribution in [0, 0.1) is 0 Å². The number of carbonyl (C=O) groups is 2. The van der Waals surface area contributed by atoms with Crippen molar-refractivity contribution in [1.29, 1.82) is 0 Å². The summed E-state index contributed by atoms with van der Waals surface area (Å²) in [6, 6.07) is 7.18. The van der Waals surface area contributed by atoms with Crippen LogP contribution in [0.4, 0.5) is 0 Å². The van der Waals surface area contributed by atoms with Gasteiger partial charge in [-0.15, -0.1) is 0 Å². The van der Waals surface area contributed by atoms with E-state index in [1.165, 1.54) is 6.21 Å². The van der Waals surface area contributed by atoms with Crippen LogP contribution in [0.3, 0.4) is 0 Å². The van der Waals surface area contributed by atoms with Gasteiger partial charge in [-0.1, -0.05) is 12.1 Å². The molecule has 1 aromatic carbocycles. The number of hydrogen-bond acceptors (Lipinski definition) is 4. The molecule has 0 unspecified atom stereocenters. The lowest BCUT2D eigenvalue weighted by atomic mass is 10.2. The summed E-state index contributed by atoms with van der Waals surface area (Å²) >= 11 is 0. The molecule has 0 bridgehead atoms. The lowest BCUT2D eigenvalue weighted by Gasteiger charge is -2.05. The predicted molar refractivity (Wildman–Crippen MR) is 62.5 cm³/mol. The van der Waals surface area contributed by atoms with Crippen molar-refractivity contribution in [1.82, 2.24) is 5.43 Å². The molecule has 0 saturated carbocycles. The average Bonchev–Trinajstić information content (AvgIpc) is 2.31. The normalized spacial score (nSPS) is 10.2. The van der Waals surface area contributed by atoms with Gasteiger partial charge in [0.2, 0.25) is 0 Å². The van der Waals surface area contributed by atoms with E-state index in [1.54, 1.807) is 18.2 Å². The molecule has 0 aromatic heterocycles. The number of nitrogens with one attached hydrogen (secondary N) is 1. The standard InChI is InChI=1S/C11H13N3O3/c1-2-17-9-6-4-3-5-8(9)7-13-14-11(16)10(12)15/h3-7H,2H2,1H3,(H2,12,15)(H,14,16).